The normalized spacial score (nSPS) is 10.7. The zero-order valence-corrected chi connectivity index (χ0v) is 12.4. The first-order valence-corrected chi connectivity index (χ1v) is 7.06. The summed E-state index contributed by atoms with van der Waals surface area (Å²) >= 11 is 0. The number of rotatable bonds is 3. The van der Waals surface area contributed by atoms with E-state index in [0.29, 0.717) is 11.5 Å². The van der Waals surface area contributed by atoms with E-state index in [0.717, 1.165) is 0 Å². The Morgan fingerprint density at radius 1 is 1.26 bits per heavy atom. The van der Waals surface area contributed by atoms with E-state index in [1.165, 1.54) is 22.8 Å². The Balaban J connectivity index is 2.00. The molecule has 23 heavy (non-hydrogen) atoms. The van der Waals surface area contributed by atoms with E-state index >= 15 is 0 Å². The fourth-order valence-corrected chi connectivity index (χ4v) is 2.48. The van der Waals surface area contributed by atoms with Gasteiger partial charge in [0.2, 0.25) is 5.91 Å². The third-order valence-electron chi connectivity index (χ3n) is 3.52. The maximum Gasteiger partial charge on any atom is 0.245 e. The van der Waals surface area contributed by atoms with Crippen molar-refractivity contribution in [2.24, 2.45) is 0 Å². The molecule has 0 atom stereocenters. The van der Waals surface area contributed by atoms with Gasteiger partial charge in [0, 0.05) is 23.3 Å². The second kappa shape index (κ2) is 6.00. The number of amides is 1. The number of hydrogen-bond acceptors (Lipinski definition) is 3. The molecule has 3 rings (SSSR count). The van der Waals surface area contributed by atoms with Gasteiger partial charge < -0.3 is 9.88 Å². The summed E-state index contributed by atoms with van der Waals surface area (Å²) in [5.74, 6) is -0.463. The van der Waals surface area contributed by atoms with Crippen molar-refractivity contribution in [1.29, 1.82) is 0 Å². The van der Waals surface area contributed by atoms with Crippen molar-refractivity contribution in [3.8, 4) is 0 Å². The van der Waals surface area contributed by atoms with E-state index < -0.39 is 5.82 Å². The van der Waals surface area contributed by atoms with Crippen molar-refractivity contribution < 1.29 is 9.18 Å². The zero-order valence-electron chi connectivity index (χ0n) is 12.4. The van der Waals surface area contributed by atoms with Gasteiger partial charge in [-0.25, -0.2) is 9.37 Å². The summed E-state index contributed by atoms with van der Waals surface area (Å²) in [5.41, 5.74) is 0.385. The summed E-state index contributed by atoms with van der Waals surface area (Å²) in [6, 6.07) is 10.9. The number of fused-ring (bicyclic) bond motifs is 1. The van der Waals surface area contributed by atoms with Crippen molar-refractivity contribution in [2.45, 2.75) is 13.5 Å². The Labute approximate surface area is 131 Å². The standard InChI is InChI=1S/C17H14FN3O2/c1-11-9-14(22)12-5-4-6-13(18)17(12)21(11)10-16(23)20-15-7-2-3-8-19-15/h2-9H,10H2,1H3,(H,19,20,23). The molecule has 0 aliphatic carbocycles. The van der Waals surface area contributed by atoms with Gasteiger partial charge in [-0.1, -0.05) is 12.1 Å². The largest absolute Gasteiger partial charge is 0.333 e. The van der Waals surface area contributed by atoms with Crippen molar-refractivity contribution in [1.82, 2.24) is 9.55 Å². The number of carbonyl (C=O) groups excluding carboxylic acids is 1. The third kappa shape index (κ3) is 2.96. The highest BCUT2D eigenvalue weighted by molar-refractivity contribution is 5.91. The molecule has 2 aromatic heterocycles. The van der Waals surface area contributed by atoms with Gasteiger partial charge in [0.15, 0.2) is 5.43 Å². The van der Waals surface area contributed by atoms with Crippen molar-refractivity contribution in [3.05, 3.63) is 70.4 Å². The lowest BCUT2D eigenvalue weighted by Gasteiger charge is -2.14. The van der Waals surface area contributed by atoms with Gasteiger partial charge in [-0.05, 0) is 31.2 Å². The molecule has 6 heteroatoms. The molecular weight excluding hydrogens is 297 g/mol. The first-order chi connectivity index (χ1) is 11.1. The minimum absolute atomic E-state index is 0.111. The number of pyridine rings is 2. The minimum atomic E-state index is -0.533. The molecule has 0 fully saturated rings. The first kappa shape index (κ1) is 14.9. The van der Waals surface area contributed by atoms with Crippen LogP contribution >= 0.6 is 0 Å². The number of nitrogens with one attached hydrogen (secondary N) is 1. The van der Waals surface area contributed by atoms with Crippen LogP contribution in [0.2, 0.25) is 0 Å². The lowest BCUT2D eigenvalue weighted by atomic mass is 10.1. The number of aromatic nitrogens is 2. The van der Waals surface area contributed by atoms with Gasteiger partial charge in [0.1, 0.15) is 18.2 Å². The molecule has 0 spiro atoms. The Morgan fingerprint density at radius 3 is 2.83 bits per heavy atom. The number of nitrogens with zero attached hydrogens (tertiary/aromatic N) is 2. The van der Waals surface area contributed by atoms with Gasteiger partial charge >= 0.3 is 0 Å². The summed E-state index contributed by atoms with van der Waals surface area (Å²) in [4.78, 5) is 28.2. The Morgan fingerprint density at radius 2 is 2.09 bits per heavy atom. The topological polar surface area (TPSA) is 64.0 Å². The van der Waals surface area contributed by atoms with Gasteiger partial charge in [-0.3, -0.25) is 9.59 Å². The number of aryl methyl sites for hydroxylation is 1. The summed E-state index contributed by atoms with van der Waals surface area (Å²) in [5, 5.41) is 2.90. The fourth-order valence-electron chi connectivity index (χ4n) is 2.48. The van der Waals surface area contributed by atoms with Gasteiger partial charge in [0.05, 0.1) is 5.52 Å². The van der Waals surface area contributed by atoms with Crippen LogP contribution in [0.5, 0.6) is 0 Å². The highest BCUT2D eigenvalue weighted by atomic mass is 19.1. The number of halogens is 1. The summed E-state index contributed by atoms with van der Waals surface area (Å²) in [7, 11) is 0. The van der Waals surface area contributed by atoms with Crippen molar-refractivity contribution in [3.63, 3.8) is 0 Å². The van der Waals surface area contributed by atoms with E-state index in [1.807, 2.05) is 0 Å². The number of hydrogen-bond donors (Lipinski definition) is 1. The maximum absolute atomic E-state index is 14.2. The third-order valence-corrected chi connectivity index (χ3v) is 3.52. The summed E-state index contributed by atoms with van der Waals surface area (Å²) in [6.45, 7) is 1.56. The van der Waals surface area contributed by atoms with Crippen molar-refractivity contribution in [2.75, 3.05) is 5.32 Å². The van der Waals surface area contributed by atoms with Crippen molar-refractivity contribution >= 4 is 22.6 Å². The molecule has 0 unspecified atom stereocenters. The van der Waals surface area contributed by atoms with Crippen LogP contribution in [-0.4, -0.2) is 15.5 Å². The average Bonchev–Trinajstić information content (AvgIpc) is 2.52. The van der Waals surface area contributed by atoms with Gasteiger partial charge in [-0.2, -0.15) is 0 Å². The second-order valence-corrected chi connectivity index (χ2v) is 5.14. The molecule has 0 aliphatic heterocycles. The predicted octanol–water partition coefficient (Wildman–Crippen LogP) is 2.48. The van der Waals surface area contributed by atoms with Crippen LogP contribution in [-0.2, 0) is 11.3 Å². The lowest BCUT2D eigenvalue weighted by Crippen LogP contribution is -2.23. The highest BCUT2D eigenvalue weighted by Gasteiger charge is 2.13. The molecule has 0 aliphatic rings. The highest BCUT2D eigenvalue weighted by Crippen LogP contribution is 2.17. The molecule has 0 radical (unpaired) electrons. The quantitative estimate of drug-likeness (QED) is 0.808. The lowest BCUT2D eigenvalue weighted by molar-refractivity contribution is -0.116. The fraction of sp³-hybridized carbons (Fsp3) is 0.118. The molecular formula is C17H14FN3O2. The number of anilines is 1. The van der Waals surface area contributed by atoms with E-state index in [4.69, 9.17) is 0 Å². The molecule has 0 saturated heterocycles. The molecule has 2 heterocycles. The molecule has 116 valence electrons. The molecule has 5 nitrogen and oxygen atoms in total. The predicted molar refractivity (Wildman–Crippen MR) is 85.8 cm³/mol. The van der Waals surface area contributed by atoms with Crippen LogP contribution in [0.15, 0.2) is 53.5 Å². The molecule has 0 saturated carbocycles. The Hall–Kier alpha value is -3.02. The first-order valence-electron chi connectivity index (χ1n) is 7.06. The van der Waals surface area contributed by atoms with Gasteiger partial charge in [0.25, 0.3) is 0 Å². The van der Waals surface area contributed by atoms with Crippen LogP contribution < -0.4 is 10.7 Å². The average molecular weight is 311 g/mol. The molecule has 0 bridgehead atoms. The second-order valence-electron chi connectivity index (χ2n) is 5.14. The number of carbonyl (C=O) groups is 1. The monoisotopic (exact) mass is 311 g/mol. The molecule has 1 N–H and O–H groups in total. The van der Waals surface area contributed by atoms with E-state index in [1.54, 1.807) is 37.4 Å². The van der Waals surface area contributed by atoms with Crippen LogP contribution in [0, 0.1) is 12.7 Å². The van der Waals surface area contributed by atoms with E-state index in [-0.39, 0.29) is 28.8 Å². The Kier molecular flexibility index (Phi) is 3.89. The summed E-state index contributed by atoms with van der Waals surface area (Å²) in [6.07, 6.45) is 1.56. The molecule has 3 aromatic rings. The van der Waals surface area contributed by atoms with Crippen LogP contribution in [0.1, 0.15) is 5.69 Å². The number of benzene rings is 1. The Bertz CT molecular complexity index is 936. The van der Waals surface area contributed by atoms with Crippen LogP contribution in [0.25, 0.3) is 10.9 Å². The summed E-state index contributed by atoms with van der Waals surface area (Å²) < 4.78 is 15.7. The molecule has 1 aromatic carbocycles. The van der Waals surface area contributed by atoms with E-state index in [2.05, 4.69) is 10.3 Å². The SMILES string of the molecule is Cc1cc(=O)c2cccc(F)c2n1CC(=O)Nc1ccccn1. The van der Waals surface area contributed by atoms with E-state index in [9.17, 15) is 14.0 Å². The molecule has 1 amide bonds. The zero-order chi connectivity index (χ0) is 16.4. The van der Waals surface area contributed by atoms with Gasteiger partial charge in [-0.15, -0.1) is 0 Å². The van der Waals surface area contributed by atoms with Crippen LogP contribution in [0.4, 0.5) is 10.2 Å². The maximum atomic E-state index is 14.2. The van der Waals surface area contributed by atoms with Crippen LogP contribution in [0.3, 0.4) is 0 Å². The minimum Gasteiger partial charge on any atom is -0.333 e. The smallest absolute Gasteiger partial charge is 0.245 e. The number of para-hydroxylation sites is 1.